The number of hydrogen-bond acceptors (Lipinski definition) is 10. The first-order valence-corrected chi connectivity index (χ1v) is 18.5. The van der Waals surface area contributed by atoms with Crippen LogP contribution >= 0.6 is 0 Å². The van der Waals surface area contributed by atoms with Gasteiger partial charge in [-0.25, -0.2) is 4.79 Å². The van der Waals surface area contributed by atoms with Crippen LogP contribution in [-0.4, -0.2) is 107 Å². The number of rotatable bonds is 11. The Morgan fingerprint density at radius 1 is 0.959 bits per heavy atom. The molecule has 5 rings (SSSR count). The molecule has 17 atom stereocenters. The van der Waals surface area contributed by atoms with Gasteiger partial charge in [-0.3, -0.25) is 4.79 Å². The van der Waals surface area contributed by atoms with Gasteiger partial charge in [0.15, 0.2) is 5.79 Å². The van der Waals surface area contributed by atoms with E-state index in [4.69, 9.17) is 33.2 Å². The normalized spacial score (nSPS) is 49.2. The van der Waals surface area contributed by atoms with Gasteiger partial charge in [0.2, 0.25) is 0 Å². The lowest BCUT2D eigenvalue weighted by atomic mass is 9.78. The van der Waals surface area contributed by atoms with Gasteiger partial charge >= 0.3 is 11.9 Å². The lowest BCUT2D eigenvalue weighted by molar-refractivity contribution is -0.335. The minimum absolute atomic E-state index is 0.0944. The molecule has 5 aliphatic heterocycles. The Kier molecular flexibility index (Phi) is 11.3. The molecule has 0 aromatic heterocycles. The third-order valence-electron chi connectivity index (χ3n) is 13.3. The second kappa shape index (κ2) is 14.2. The van der Waals surface area contributed by atoms with E-state index in [1.54, 1.807) is 6.92 Å². The second-order valence-corrected chi connectivity index (χ2v) is 16.5. The van der Waals surface area contributed by atoms with Gasteiger partial charge in [0.25, 0.3) is 5.79 Å². The van der Waals surface area contributed by atoms with Crippen molar-refractivity contribution >= 4 is 11.9 Å². The van der Waals surface area contributed by atoms with Crippen LogP contribution in [0.15, 0.2) is 0 Å². The Balaban J connectivity index is 1.30. The lowest BCUT2D eigenvalue weighted by Crippen LogP contribution is -2.59. The molecule has 0 saturated carbocycles. The molecule has 3 N–H and O–H groups in total. The van der Waals surface area contributed by atoms with Crippen molar-refractivity contribution in [1.82, 2.24) is 0 Å². The molecule has 0 aliphatic carbocycles. The van der Waals surface area contributed by atoms with Crippen molar-refractivity contribution in [2.45, 2.75) is 172 Å². The number of aliphatic carboxylic acids is 2. The first kappa shape index (κ1) is 38.8. The zero-order chi connectivity index (χ0) is 36.3. The average Bonchev–Trinajstić information content (AvgIpc) is 3.76. The molecule has 5 aliphatic rings. The zero-order valence-corrected chi connectivity index (χ0v) is 31.2. The van der Waals surface area contributed by atoms with Crippen LogP contribution in [0.3, 0.4) is 0 Å². The van der Waals surface area contributed by atoms with E-state index in [0.717, 1.165) is 25.7 Å². The van der Waals surface area contributed by atoms with Gasteiger partial charge in [0, 0.05) is 44.8 Å². The number of aliphatic hydroxyl groups excluding tert-OH is 1. The summed E-state index contributed by atoms with van der Waals surface area (Å²) in [6.45, 7) is 15.8. The van der Waals surface area contributed by atoms with Gasteiger partial charge in [-0.15, -0.1) is 0 Å². The second-order valence-electron chi connectivity index (χ2n) is 16.5. The van der Waals surface area contributed by atoms with Gasteiger partial charge < -0.3 is 48.5 Å². The number of hydrogen-bond donors (Lipinski definition) is 3. The minimum atomic E-state index is -1.70. The molecule has 0 amide bonds. The summed E-state index contributed by atoms with van der Waals surface area (Å²) in [5.41, 5.74) is -1.22. The first-order chi connectivity index (χ1) is 22.9. The monoisotopic (exact) mass is 698 g/mol. The number of carboxylic acid groups (broad SMARTS) is 2. The highest BCUT2D eigenvalue weighted by Crippen LogP contribution is 2.55. The van der Waals surface area contributed by atoms with Crippen molar-refractivity contribution in [3.05, 3.63) is 0 Å². The molecule has 12 nitrogen and oxygen atoms in total. The van der Waals surface area contributed by atoms with E-state index in [0.29, 0.717) is 25.7 Å². The maximum absolute atomic E-state index is 12.3. The van der Waals surface area contributed by atoms with Gasteiger partial charge in [-0.2, -0.15) is 0 Å². The van der Waals surface area contributed by atoms with Crippen LogP contribution in [0, 0.1) is 35.5 Å². The van der Waals surface area contributed by atoms with E-state index >= 15 is 0 Å². The standard InChI is InChI=1S/C37H62O12/c1-11-35(31-20(3)17-26(45-31)28-19(2)16-21(4)37(44-10,48-28)33(41)42)13-12-27(46-35)34(8)14-15-36(49-34)18-25(38)22(5)30(47-36)23(6)29(43-9)24(7)32(39)40/h19-31,38H,11-18H2,1-10H3,(H,39,40)(H,41,42)/t19-,20-,21+,22+,23-,24-,25-,26+,27+,28-,29+,30-,31+,34-,35-,36+,37+/m0/s1. The summed E-state index contributed by atoms with van der Waals surface area (Å²) < 4.78 is 45.1. The van der Waals surface area contributed by atoms with Crippen LogP contribution in [0.25, 0.3) is 0 Å². The summed E-state index contributed by atoms with van der Waals surface area (Å²) in [5.74, 6) is -6.11. The van der Waals surface area contributed by atoms with Crippen LogP contribution in [0.1, 0.15) is 107 Å². The number of carboxylic acids is 2. The van der Waals surface area contributed by atoms with Gasteiger partial charge in [0.1, 0.15) is 0 Å². The summed E-state index contributed by atoms with van der Waals surface area (Å²) in [4.78, 5) is 24.2. The summed E-state index contributed by atoms with van der Waals surface area (Å²) in [6, 6.07) is 0. The summed E-state index contributed by atoms with van der Waals surface area (Å²) >= 11 is 0. The number of aliphatic hydroxyl groups is 1. The van der Waals surface area contributed by atoms with E-state index < -0.39 is 65.0 Å². The molecule has 0 unspecified atom stereocenters. The SMILES string of the molecule is CC[C@@]1([C@@H]2O[C@@H]([C@H]3O[C@@](OC)(C(=O)O)[C@H](C)C[C@@H]3C)C[C@@H]2C)CC[C@H]([C@]2(C)CC[C@]3(C[C@H](O)[C@@H](C)[C@@H]([C@@H](C)[C@@H](OC)[C@H](C)C(=O)O)O3)O2)O1. The molecule has 0 radical (unpaired) electrons. The van der Waals surface area contributed by atoms with Crippen molar-refractivity contribution in [3.8, 4) is 0 Å². The minimum Gasteiger partial charge on any atom is -0.481 e. The largest absolute Gasteiger partial charge is 0.481 e. The Hall–Kier alpha value is -1.38. The summed E-state index contributed by atoms with van der Waals surface area (Å²) in [7, 11) is 2.91. The van der Waals surface area contributed by atoms with E-state index in [9.17, 15) is 24.9 Å². The Morgan fingerprint density at radius 3 is 2.24 bits per heavy atom. The summed E-state index contributed by atoms with van der Waals surface area (Å²) in [5, 5.41) is 31.1. The fourth-order valence-corrected chi connectivity index (χ4v) is 10.3. The fraction of sp³-hybridized carbons (Fsp3) is 0.946. The van der Waals surface area contributed by atoms with E-state index in [1.807, 2.05) is 20.8 Å². The molecule has 0 aromatic rings. The smallest absolute Gasteiger partial charge is 0.364 e. The van der Waals surface area contributed by atoms with E-state index in [-0.39, 0.29) is 47.9 Å². The number of methoxy groups -OCH3 is 2. The van der Waals surface area contributed by atoms with Crippen LogP contribution in [0.4, 0.5) is 0 Å². The van der Waals surface area contributed by atoms with Gasteiger partial charge in [-0.05, 0) is 64.2 Å². The maximum Gasteiger partial charge on any atom is 0.364 e. The van der Waals surface area contributed by atoms with Crippen molar-refractivity contribution in [2.24, 2.45) is 35.5 Å². The molecule has 5 saturated heterocycles. The highest BCUT2D eigenvalue weighted by molar-refractivity contribution is 5.76. The topological polar surface area (TPSA) is 159 Å². The Bertz CT molecular complexity index is 1200. The molecular weight excluding hydrogens is 636 g/mol. The quantitative estimate of drug-likeness (QED) is 0.265. The van der Waals surface area contributed by atoms with Crippen LogP contribution in [-0.2, 0) is 42.7 Å². The molecule has 12 heteroatoms. The Labute approximate surface area is 291 Å². The molecule has 1 spiro atoms. The fourth-order valence-electron chi connectivity index (χ4n) is 10.3. The third-order valence-corrected chi connectivity index (χ3v) is 13.3. The third kappa shape index (κ3) is 6.71. The van der Waals surface area contributed by atoms with Crippen LogP contribution in [0.5, 0.6) is 0 Å². The lowest BCUT2D eigenvalue weighted by Gasteiger charge is -2.49. The van der Waals surface area contributed by atoms with E-state index in [2.05, 4.69) is 27.7 Å². The molecule has 5 heterocycles. The van der Waals surface area contributed by atoms with Crippen molar-refractivity contribution in [2.75, 3.05) is 14.2 Å². The van der Waals surface area contributed by atoms with Gasteiger partial charge in [0.05, 0.1) is 59.8 Å². The molecule has 5 fully saturated rings. The first-order valence-electron chi connectivity index (χ1n) is 18.5. The molecular formula is C37H62O12. The number of carbonyl (C=O) groups is 2. The van der Waals surface area contributed by atoms with Crippen LogP contribution < -0.4 is 0 Å². The van der Waals surface area contributed by atoms with Crippen molar-refractivity contribution in [1.29, 1.82) is 0 Å². The highest BCUT2D eigenvalue weighted by Gasteiger charge is 2.63. The van der Waals surface area contributed by atoms with Crippen molar-refractivity contribution < 1.29 is 58.1 Å². The van der Waals surface area contributed by atoms with Gasteiger partial charge in [-0.1, -0.05) is 41.5 Å². The molecule has 0 aromatic carbocycles. The highest BCUT2D eigenvalue weighted by atomic mass is 16.7. The Morgan fingerprint density at radius 2 is 1.65 bits per heavy atom. The number of ether oxygens (including phenoxy) is 7. The van der Waals surface area contributed by atoms with Crippen molar-refractivity contribution in [3.63, 3.8) is 0 Å². The van der Waals surface area contributed by atoms with E-state index in [1.165, 1.54) is 14.2 Å². The average molecular weight is 699 g/mol. The maximum atomic E-state index is 12.3. The molecule has 0 bridgehead atoms. The summed E-state index contributed by atoms with van der Waals surface area (Å²) in [6.07, 6.45) is 2.39. The predicted octanol–water partition coefficient (Wildman–Crippen LogP) is 5.02. The van der Waals surface area contributed by atoms with Crippen LogP contribution in [0.2, 0.25) is 0 Å². The molecule has 282 valence electrons. The zero-order valence-electron chi connectivity index (χ0n) is 31.2. The predicted molar refractivity (Wildman–Crippen MR) is 178 cm³/mol. The molecule has 49 heavy (non-hydrogen) atoms.